The number of methoxy groups -OCH3 is 1. The summed E-state index contributed by atoms with van der Waals surface area (Å²) >= 11 is 0. The van der Waals surface area contributed by atoms with E-state index in [0.29, 0.717) is 12.2 Å². The van der Waals surface area contributed by atoms with Crippen LogP contribution in [0.15, 0.2) is 18.2 Å². The minimum atomic E-state index is -0.335. The van der Waals surface area contributed by atoms with Gasteiger partial charge in [-0.2, -0.15) is 5.26 Å². The van der Waals surface area contributed by atoms with Crippen molar-refractivity contribution in [2.75, 3.05) is 20.3 Å². The summed E-state index contributed by atoms with van der Waals surface area (Å²) in [6.45, 7) is 1.85. The number of nitrogens with two attached hydrogens (primary N) is 1. The molecule has 0 spiro atoms. The second-order valence-corrected chi connectivity index (χ2v) is 4.57. The number of carbonyl (C=O) groups is 1. The SMILES string of the molecule is CCC(N)Cc1cc(OC)ccc1OCC(=O)NCC#N. The predicted molar refractivity (Wildman–Crippen MR) is 79.1 cm³/mol. The highest BCUT2D eigenvalue weighted by Gasteiger charge is 2.11. The fraction of sp³-hybridized carbons (Fsp3) is 0.467. The molecule has 0 heterocycles. The lowest BCUT2D eigenvalue weighted by Gasteiger charge is -2.15. The van der Waals surface area contributed by atoms with Crippen molar-refractivity contribution in [1.82, 2.24) is 5.32 Å². The van der Waals surface area contributed by atoms with E-state index in [0.717, 1.165) is 17.7 Å². The first-order valence-corrected chi connectivity index (χ1v) is 6.79. The van der Waals surface area contributed by atoms with Gasteiger partial charge < -0.3 is 20.5 Å². The van der Waals surface area contributed by atoms with E-state index in [9.17, 15) is 4.79 Å². The molecule has 1 rings (SSSR count). The van der Waals surface area contributed by atoms with E-state index in [1.165, 1.54) is 0 Å². The Kier molecular flexibility index (Phi) is 7.05. The molecule has 0 saturated heterocycles. The van der Waals surface area contributed by atoms with E-state index in [-0.39, 0.29) is 25.1 Å². The van der Waals surface area contributed by atoms with E-state index < -0.39 is 0 Å². The topological polar surface area (TPSA) is 97.4 Å². The van der Waals surface area contributed by atoms with Crippen LogP contribution in [0, 0.1) is 11.3 Å². The molecule has 3 N–H and O–H groups in total. The molecule has 21 heavy (non-hydrogen) atoms. The van der Waals surface area contributed by atoms with Crippen molar-refractivity contribution < 1.29 is 14.3 Å². The third-order valence-corrected chi connectivity index (χ3v) is 3.00. The number of carbonyl (C=O) groups excluding carboxylic acids is 1. The average Bonchev–Trinajstić information content (AvgIpc) is 2.51. The molecule has 114 valence electrons. The fourth-order valence-electron chi connectivity index (χ4n) is 1.74. The van der Waals surface area contributed by atoms with Gasteiger partial charge in [-0.1, -0.05) is 6.92 Å². The third-order valence-electron chi connectivity index (χ3n) is 3.00. The Bertz CT molecular complexity index is 511. The maximum Gasteiger partial charge on any atom is 0.258 e. The Balaban J connectivity index is 2.75. The normalized spacial score (nSPS) is 11.3. The zero-order valence-electron chi connectivity index (χ0n) is 12.4. The van der Waals surface area contributed by atoms with E-state index in [4.69, 9.17) is 20.5 Å². The van der Waals surface area contributed by atoms with Crippen LogP contribution in [-0.4, -0.2) is 32.2 Å². The summed E-state index contributed by atoms with van der Waals surface area (Å²) in [6.07, 6.45) is 1.49. The lowest BCUT2D eigenvalue weighted by Crippen LogP contribution is -2.29. The van der Waals surface area contributed by atoms with Crippen molar-refractivity contribution in [3.8, 4) is 17.6 Å². The smallest absolute Gasteiger partial charge is 0.258 e. The van der Waals surface area contributed by atoms with Crippen molar-refractivity contribution in [3.63, 3.8) is 0 Å². The van der Waals surface area contributed by atoms with Gasteiger partial charge in [-0.3, -0.25) is 4.79 Å². The van der Waals surface area contributed by atoms with Crippen LogP contribution in [0.1, 0.15) is 18.9 Å². The molecule has 1 aromatic carbocycles. The molecule has 0 saturated carbocycles. The molecule has 0 bridgehead atoms. The van der Waals surface area contributed by atoms with Crippen LogP contribution in [0.25, 0.3) is 0 Å². The Morgan fingerprint density at radius 1 is 1.52 bits per heavy atom. The summed E-state index contributed by atoms with van der Waals surface area (Å²) in [4.78, 5) is 11.5. The van der Waals surface area contributed by atoms with Gasteiger partial charge >= 0.3 is 0 Å². The van der Waals surface area contributed by atoms with E-state index in [1.807, 2.05) is 19.1 Å². The largest absolute Gasteiger partial charge is 0.497 e. The zero-order chi connectivity index (χ0) is 15.7. The zero-order valence-corrected chi connectivity index (χ0v) is 12.4. The van der Waals surface area contributed by atoms with Gasteiger partial charge in [0.15, 0.2) is 6.61 Å². The molecular weight excluding hydrogens is 270 g/mol. The van der Waals surface area contributed by atoms with Gasteiger partial charge in [-0.25, -0.2) is 0 Å². The van der Waals surface area contributed by atoms with E-state index in [2.05, 4.69) is 5.32 Å². The number of benzene rings is 1. The lowest BCUT2D eigenvalue weighted by molar-refractivity contribution is -0.122. The number of rotatable bonds is 8. The van der Waals surface area contributed by atoms with Crippen LogP contribution < -0.4 is 20.5 Å². The maximum atomic E-state index is 11.5. The first kappa shape index (κ1) is 16.8. The number of hydrogen-bond acceptors (Lipinski definition) is 5. The predicted octanol–water partition coefficient (Wildman–Crippen LogP) is 0.994. The molecule has 0 fully saturated rings. The molecule has 0 aliphatic rings. The molecule has 0 aromatic heterocycles. The van der Waals surface area contributed by atoms with Crippen LogP contribution in [0.4, 0.5) is 0 Å². The first-order valence-electron chi connectivity index (χ1n) is 6.79. The molecule has 1 aromatic rings. The van der Waals surface area contributed by atoms with E-state index >= 15 is 0 Å². The number of nitrogens with one attached hydrogen (secondary N) is 1. The Labute approximate surface area is 124 Å². The van der Waals surface area contributed by atoms with Gasteiger partial charge in [0.1, 0.15) is 18.0 Å². The van der Waals surface area contributed by atoms with Crippen LogP contribution in [0.3, 0.4) is 0 Å². The van der Waals surface area contributed by atoms with Crippen molar-refractivity contribution in [3.05, 3.63) is 23.8 Å². The first-order chi connectivity index (χ1) is 10.1. The van der Waals surface area contributed by atoms with Crippen LogP contribution in [-0.2, 0) is 11.2 Å². The van der Waals surface area contributed by atoms with Crippen molar-refractivity contribution >= 4 is 5.91 Å². The van der Waals surface area contributed by atoms with Crippen LogP contribution in [0.5, 0.6) is 11.5 Å². The van der Waals surface area contributed by atoms with Gasteiger partial charge in [0, 0.05) is 6.04 Å². The molecule has 6 heteroatoms. The summed E-state index contributed by atoms with van der Waals surface area (Å²) in [5, 5.41) is 10.8. The minimum Gasteiger partial charge on any atom is -0.497 e. The molecule has 1 atom stereocenters. The van der Waals surface area contributed by atoms with E-state index in [1.54, 1.807) is 19.2 Å². The van der Waals surface area contributed by atoms with Crippen molar-refractivity contribution in [2.45, 2.75) is 25.8 Å². The second kappa shape index (κ2) is 8.82. The Hall–Kier alpha value is -2.26. The number of nitriles is 1. The van der Waals surface area contributed by atoms with Gasteiger partial charge in [-0.05, 0) is 36.6 Å². The Morgan fingerprint density at radius 2 is 2.29 bits per heavy atom. The van der Waals surface area contributed by atoms with Crippen molar-refractivity contribution in [2.24, 2.45) is 5.73 Å². The highest BCUT2D eigenvalue weighted by atomic mass is 16.5. The summed E-state index contributed by atoms with van der Waals surface area (Å²) in [7, 11) is 1.59. The molecular formula is C15H21N3O3. The Morgan fingerprint density at radius 3 is 2.90 bits per heavy atom. The lowest BCUT2D eigenvalue weighted by atomic mass is 10.0. The number of ether oxygens (including phenoxy) is 2. The minimum absolute atomic E-state index is 0.0203. The summed E-state index contributed by atoms with van der Waals surface area (Å²) < 4.78 is 10.7. The maximum absolute atomic E-state index is 11.5. The van der Waals surface area contributed by atoms with Crippen LogP contribution in [0.2, 0.25) is 0 Å². The highest BCUT2D eigenvalue weighted by molar-refractivity contribution is 5.77. The van der Waals surface area contributed by atoms with Gasteiger partial charge in [0.25, 0.3) is 5.91 Å². The highest BCUT2D eigenvalue weighted by Crippen LogP contribution is 2.25. The van der Waals surface area contributed by atoms with Gasteiger partial charge in [0.05, 0.1) is 13.2 Å². The van der Waals surface area contributed by atoms with Gasteiger partial charge in [0.2, 0.25) is 0 Å². The van der Waals surface area contributed by atoms with Crippen molar-refractivity contribution in [1.29, 1.82) is 5.26 Å². The molecule has 6 nitrogen and oxygen atoms in total. The number of hydrogen-bond donors (Lipinski definition) is 2. The quantitative estimate of drug-likeness (QED) is 0.696. The molecule has 0 aliphatic heterocycles. The third kappa shape index (κ3) is 5.71. The summed E-state index contributed by atoms with van der Waals surface area (Å²) in [5.41, 5.74) is 6.88. The molecule has 1 amide bonds. The number of amides is 1. The fourth-order valence-corrected chi connectivity index (χ4v) is 1.74. The number of nitrogens with zero attached hydrogens (tertiary/aromatic N) is 1. The average molecular weight is 291 g/mol. The molecule has 0 radical (unpaired) electrons. The van der Waals surface area contributed by atoms with Crippen LogP contribution >= 0.6 is 0 Å². The molecule has 1 unspecified atom stereocenters. The molecule has 0 aliphatic carbocycles. The monoisotopic (exact) mass is 291 g/mol. The standard InChI is InChI=1S/C15H21N3O3/c1-3-12(17)8-11-9-13(20-2)4-5-14(11)21-10-15(19)18-7-6-16/h4-5,9,12H,3,7-8,10,17H2,1-2H3,(H,18,19). The second-order valence-electron chi connectivity index (χ2n) is 4.57. The summed E-state index contributed by atoms with van der Waals surface area (Å²) in [5.74, 6) is 0.986. The van der Waals surface area contributed by atoms with Gasteiger partial charge in [-0.15, -0.1) is 0 Å². The summed E-state index contributed by atoms with van der Waals surface area (Å²) in [6, 6.07) is 7.24.